The SMILES string of the molecule is Brc1cnn2c(NCc3cccnc3)cc(NC3CCCCC3)cc12.CC(C)[C@@H](CO)Nc1cc(NCc2cccnc2)n2ncc(Br)c2c1.OCC1CCCCN1c1cc(NCc2cccnc2)n2ncc(Br)c2c1. The molecular formula is C56H66Br3N15O2. The first-order valence-corrected chi connectivity index (χ1v) is 28.4. The fourth-order valence-electron chi connectivity index (χ4n) is 9.60. The van der Waals surface area contributed by atoms with Gasteiger partial charge in [0.2, 0.25) is 0 Å². The second-order valence-corrected chi connectivity index (χ2v) is 22.1. The van der Waals surface area contributed by atoms with Crippen LogP contribution >= 0.6 is 47.8 Å². The number of aliphatic hydroxyl groups excluding tert-OH is 2. The number of pyridine rings is 6. The third-order valence-electron chi connectivity index (χ3n) is 13.8. The van der Waals surface area contributed by atoms with Crippen LogP contribution in [0.2, 0.25) is 0 Å². The van der Waals surface area contributed by atoms with Crippen molar-refractivity contribution in [2.24, 2.45) is 5.92 Å². The van der Waals surface area contributed by atoms with Gasteiger partial charge >= 0.3 is 0 Å². The molecular weight excluding hydrogens is 1150 g/mol. The maximum atomic E-state index is 9.78. The number of piperidine rings is 1. The van der Waals surface area contributed by atoms with Gasteiger partial charge in [0.15, 0.2) is 0 Å². The fourth-order valence-corrected chi connectivity index (χ4v) is 10.7. The Balaban J connectivity index is 0.000000139. The first kappa shape index (κ1) is 54.5. The van der Waals surface area contributed by atoms with E-state index in [2.05, 4.69) is 154 Å². The van der Waals surface area contributed by atoms with Crippen LogP contribution < -0.4 is 31.5 Å². The normalized spacial score (nSPS) is 15.2. The molecule has 9 aromatic rings. The minimum atomic E-state index is -0.00433. The Morgan fingerprint density at radius 2 is 1.04 bits per heavy atom. The highest BCUT2D eigenvalue weighted by Gasteiger charge is 2.24. The average molecular weight is 1220 g/mol. The molecule has 1 aliphatic heterocycles. The van der Waals surface area contributed by atoms with Crippen molar-refractivity contribution in [1.82, 2.24) is 43.8 Å². The first-order valence-electron chi connectivity index (χ1n) is 26.1. The second-order valence-electron chi connectivity index (χ2n) is 19.6. The summed E-state index contributed by atoms with van der Waals surface area (Å²) in [5, 5.41) is 50.3. The monoisotopic (exact) mass is 1220 g/mol. The molecule has 20 heteroatoms. The van der Waals surface area contributed by atoms with Crippen LogP contribution in [-0.2, 0) is 19.6 Å². The third-order valence-corrected chi connectivity index (χ3v) is 15.6. The summed E-state index contributed by atoms with van der Waals surface area (Å²) in [6, 6.07) is 25.3. The zero-order valence-electron chi connectivity index (χ0n) is 42.8. The Morgan fingerprint density at radius 1 is 0.566 bits per heavy atom. The van der Waals surface area contributed by atoms with Gasteiger partial charge in [0.25, 0.3) is 0 Å². The number of halogens is 3. The van der Waals surface area contributed by atoms with Crippen LogP contribution in [0.1, 0.15) is 81.9 Å². The Hall–Kier alpha value is -6.32. The summed E-state index contributed by atoms with van der Waals surface area (Å²) in [6.45, 7) is 7.45. The first-order chi connectivity index (χ1) is 37.1. The van der Waals surface area contributed by atoms with Crippen LogP contribution in [-0.4, -0.2) is 91.9 Å². The fraction of sp³-hybridized carbons (Fsp3) is 0.357. The highest BCUT2D eigenvalue weighted by atomic mass is 79.9. The van der Waals surface area contributed by atoms with Crippen molar-refractivity contribution >= 4 is 98.9 Å². The van der Waals surface area contributed by atoms with E-state index in [-0.39, 0.29) is 25.3 Å². The standard InChI is InChI=1S/C19H22BrN5O.C19H22BrN5.C18H22BrN5O/c20-17-12-23-25-18(17)8-16(24-7-2-1-5-15(24)13-26)9-19(25)22-11-14-4-3-6-21-10-14;20-17-13-23-25-18(17)9-16(24-15-6-2-1-3-7-15)10-19(25)22-12-14-5-4-8-21-11-14;1-12(2)16(11-25)23-14-6-17-15(19)10-22-24(17)18(7-14)21-9-13-4-3-5-20-8-13/h3-4,6,8-10,12,15,22,26H,1-2,5,7,11,13H2;4-5,8-11,13,15,22,24H,1-3,6-7,12H2;3-8,10,12,16,21,23,25H,9,11H2,1-2H3/t;;16-/m..1/s1. The van der Waals surface area contributed by atoms with Crippen LogP contribution in [0.5, 0.6) is 0 Å². The van der Waals surface area contributed by atoms with E-state index in [0.717, 1.165) is 101 Å². The molecule has 2 atom stereocenters. The number of fused-ring (bicyclic) bond motifs is 3. The molecule has 11 rings (SSSR count). The van der Waals surface area contributed by atoms with Crippen molar-refractivity contribution in [2.75, 3.05) is 51.2 Å². The maximum absolute atomic E-state index is 9.78. The van der Waals surface area contributed by atoms with Crippen LogP contribution in [0.3, 0.4) is 0 Å². The summed E-state index contributed by atoms with van der Waals surface area (Å²) in [6.07, 6.45) is 26.2. The maximum Gasteiger partial charge on any atom is 0.130 e. The lowest BCUT2D eigenvalue weighted by molar-refractivity contribution is 0.240. The molecule has 1 aliphatic carbocycles. The molecule has 7 N–H and O–H groups in total. The minimum Gasteiger partial charge on any atom is -0.394 e. The van der Waals surface area contributed by atoms with Gasteiger partial charge in [0.05, 0.1) is 73.9 Å². The van der Waals surface area contributed by atoms with Gasteiger partial charge in [0.1, 0.15) is 17.5 Å². The highest BCUT2D eigenvalue weighted by molar-refractivity contribution is 9.11. The lowest BCUT2D eigenvalue weighted by Gasteiger charge is -2.36. The van der Waals surface area contributed by atoms with Crippen molar-refractivity contribution in [2.45, 2.75) is 103 Å². The predicted molar refractivity (Wildman–Crippen MR) is 315 cm³/mol. The third kappa shape index (κ3) is 14.0. The van der Waals surface area contributed by atoms with Crippen LogP contribution in [0.4, 0.5) is 34.5 Å². The molecule has 0 aromatic carbocycles. The van der Waals surface area contributed by atoms with Gasteiger partial charge in [-0.15, -0.1) is 0 Å². The number of hydrogen-bond acceptors (Lipinski definition) is 14. The molecule has 76 heavy (non-hydrogen) atoms. The lowest BCUT2D eigenvalue weighted by atomic mass is 9.95. The minimum absolute atomic E-state index is 0.00433. The molecule has 0 radical (unpaired) electrons. The summed E-state index contributed by atoms with van der Waals surface area (Å²) in [4.78, 5) is 14.8. The number of hydrogen-bond donors (Lipinski definition) is 7. The number of rotatable bonds is 17. The quantitative estimate of drug-likeness (QED) is 0.0455. The molecule has 2 aliphatic rings. The summed E-state index contributed by atoms with van der Waals surface area (Å²) in [5.41, 5.74) is 9.59. The molecule has 0 bridgehead atoms. The van der Waals surface area contributed by atoms with Gasteiger partial charge in [-0.05, 0) is 139 Å². The second kappa shape index (κ2) is 26.6. The molecule has 0 spiro atoms. The molecule has 1 saturated heterocycles. The van der Waals surface area contributed by atoms with E-state index in [1.165, 1.54) is 38.5 Å². The summed E-state index contributed by atoms with van der Waals surface area (Å²) in [5.74, 6) is 3.09. The lowest BCUT2D eigenvalue weighted by Crippen LogP contribution is -2.42. The van der Waals surface area contributed by atoms with Gasteiger partial charge in [-0.1, -0.05) is 51.3 Å². The van der Waals surface area contributed by atoms with Gasteiger partial charge in [0, 0.05) is 105 Å². The van der Waals surface area contributed by atoms with Gasteiger partial charge in [-0.3, -0.25) is 15.0 Å². The van der Waals surface area contributed by atoms with E-state index in [4.69, 9.17) is 0 Å². The largest absolute Gasteiger partial charge is 0.394 e. The van der Waals surface area contributed by atoms with E-state index >= 15 is 0 Å². The highest BCUT2D eigenvalue weighted by Crippen LogP contribution is 2.33. The van der Waals surface area contributed by atoms with E-state index < -0.39 is 0 Å². The smallest absolute Gasteiger partial charge is 0.130 e. The van der Waals surface area contributed by atoms with Gasteiger partial charge in [-0.25, -0.2) is 13.5 Å². The number of nitrogens with one attached hydrogen (secondary N) is 5. The Morgan fingerprint density at radius 3 is 1.51 bits per heavy atom. The summed E-state index contributed by atoms with van der Waals surface area (Å²) < 4.78 is 8.58. The number of aliphatic hydroxyl groups is 2. The van der Waals surface area contributed by atoms with Gasteiger partial charge < -0.3 is 41.7 Å². The van der Waals surface area contributed by atoms with Crippen molar-refractivity contribution in [3.8, 4) is 0 Å². The molecule has 2 fully saturated rings. The molecule has 1 saturated carbocycles. The average Bonchev–Trinajstić information content (AvgIpc) is 4.17. The van der Waals surface area contributed by atoms with Crippen molar-refractivity contribution in [3.05, 3.63) is 159 Å². The number of aromatic nitrogens is 9. The zero-order valence-corrected chi connectivity index (χ0v) is 47.6. The Bertz CT molecular complexity index is 3240. The Kier molecular flexibility index (Phi) is 19.1. The van der Waals surface area contributed by atoms with E-state index in [1.54, 1.807) is 24.8 Å². The molecule has 10 heterocycles. The predicted octanol–water partition coefficient (Wildman–Crippen LogP) is 11.8. The topological polar surface area (TPSA) is 194 Å². The Labute approximate surface area is 468 Å². The van der Waals surface area contributed by atoms with Crippen LogP contribution in [0.25, 0.3) is 16.6 Å². The number of nitrogens with zero attached hydrogens (tertiary/aromatic N) is 10. The van der Waals surface area contributed by atoms with E-state index in [0.29, 0.717) is 31.6 Å². The molecule has 17 nitrogen and oxygen atoms in total. The summed E-state index contributed by atoms with van der Waals surface area (Å²) in [7, 11) is 0. The van der Waals surface area contributed by atoms with E-state index in [1.807, 2.05) is 87.0 Å². The molecule has 9 aromatic heterocycles. The van der Waals surface area contributed by atoms with Crippen LogP contribution in [0.15, 0.2) is 142 Å². The van der Waals surface area contributed by atoms with E-state index in [9.17, 15) is 10.2 Å². The molecule has 398 valence electrons. The van der Waals surface area contributed by atoms with Crippen molar-refractivity contribution < 1.29 is 10.2 Å². The summed E-state index contributed by atoms with van der Waals surface area (Å²) >= 11 is 10.8. The zero-order chi connectivity index (χ0) is 52.8. The van der Waals surface area contributed by atoms with Crippen LogP contribution in [0, 0.1) is 5.92 Å². The van der Waals surface area contributed by atoms with Crippen molar-refractivity contribution in [3.63, 3.8) is 0 Å². The van der Waals surface area contributed by atoms with Gasteiger partial charge in [-0.2, -0.15) is 15.3 Å². The number of anilines is 6. The molecule has 1 unspecified atom stereocenters. The molecule has 0 amide bonds. The van der Waals surface area contributed by atoms with Crippen molar-refractivity contribution in [1.29, 1.82) is 0 Å².